The van der Waals surface area contributed by atoms with Crippen molar-refractivity contribution in [3.05, 3.63) is 38.9 Å². The van der Waals surface area contributed by atoms with Crippen molar-refractivity contribution in [3.63, 3.8) is 0 Å². The predicted molar refractivity (Wildman–Crippen MR) is 60.3 cm³/mol. The summed E-state index contributed by atoms with van der Waals surface area (Å²) >= 11 is 5.58. The zero-order valence-corrected chi connectivity index (χ0v) is 9.83. The number of hydrogen-bond donors (Lipinski definition) is 1. The van der Waals surface area contributed by atoms with Crippen LogP contribution in [-0.2, 0) is 0 Å². The van der Waals surface area contributed by atoms with Crippen LogP contribution in [0, 0.1) is 10.1 Å². The van der Waals surface area contributed by atoms with E-state index >= 15 is 0 Å². The van der Waals surface area contributed by atoms with E-state index in [0.717, 1.165) is 6.07 Å². The van der Waals surface area contributed by atoms with Gasteiger partial charge in [0, 0.05) is 18.5 Å². The van der Waals surface area contributed by atoms with Gasteiger partial charge in [0.1, 0.15) is 5.02 Å². The summed E-state index contributed by atoms with van der Waals surface area (Å²) in [5.74, 6) is 0. The molecule has 0 bridgehead atoms. The Kier molecular flexibility index (Phi) is 4.53. The van der Waals surface area contributed by atoms with Gasteiger partial charge in [-0.25, -0.2) is 0 Å². The normalized spacial score (nSPS) is 13.4. The summed E-state index contributed by atoms with van der Waals surface area (Å²) in [5.41, 5.74) is 5.45. The molecule has 0 aliphatic carbocycles. The Morgan fingerprint density at radius 1 is 1.44 bits per heavy atom. The minimum absolute atomic E-state index is 0.0771. The van der Waals surface area contributed by atoms with Crippen molar-refractivity contribution in [1.82, 2.24) is 0 Å². The molecule has 1 aromatic carbocycles. The minimum Gasteiger partial charge on any atom is -0.324 e. The standard InChI is InChI=1S/C10H10ClF3N2O2/c11-7-2-1-6(5-9(7)16(17)18)8(15)3-4-10(12,13)14/h1-2,5,8H,3-4,15H2/t8-/m1/s1. The second kappa shape index (κ2) is 5.53. The van der Waals surface area contributed by atoms with Gasteiger partial charge in [0.25, 0.3) is 5.69 Å². The number of hydrogen-bond acceptors (Lipinski definition) is 3. The van der Waals surface area contributed by atoms with Gasteiger partial charge >= 0.3 is 6.18 Å². The van der Waals surface area contributed by atoms with Crippen LogP contribution in [0.2, 0.25) is 5.02 Å². The zero-order valence-electron chi connectivity index (χ0n) is 9.08. The van der Waals surface area contributed by atoms with Crippen molar-refractivity contribution in [1.29, 1.82) is 0 Å². The highest BCUT2D eigenvalue weighted by atomic mass is 35.5. The van der Waals surface area contributed by atoms with Crippen LogP contribution in [0.1, 0.15) is 24.4 Å². The Morgan fingerprint density at radius 3 is 2.56 bits per heavy atom. The third-order valence-corrected chi connectivity index (χ3v) is 2.65. The highest BCUT2D eigenvalue weighted by Gasteiger charge is 2.28. The van der Waals surface area contributed by atoms with Gasteiger partial charge in [-0.15, -0.1) is 0 Å². The van der Waals surface area contributed by atoms with Gasteiger partial charge in [0.15, 0.2) is 0 Å². The maximum absolute atomic E-state index is 12.0. The van der Waals surface area contributed by atoms with Gasteiger partial charge in [0.2, 0.25) is 0 Å². The number of benzene rings is 1. The lowest BCUT2D eigenvalue weighted by Gasteiger charge is -2.13. The third kappa shape index (κ3) is 4.15. The average Bonchev–Trinajstić information content (AvgIpc) is 2.25. The SMILES string of the molecule is N[C@H](CCC(F)(F)F)c1ccc(Cl)c([N+](=O)[O-])c1. The summed E-state index contributed by atoms with van der Waals surface area (Å²) in [6.45, 7) is 0. The smallest absolute Gasteiger partial charge is 0.324 e. The molecule has 0 amide bonds. The average molecular weight is 283 g/mol. The quantitative estimate of drug-likeness (QED) is 0.678. The molecule has 0 radical (unpaired) electrons. The second-order valence-corrected chi connectivity index (χ2v) is 4.14. The molecule has 0 aliphatic heterocycles. The highest BCUT2D eigenvalue weighted by Crippen LogP contribution is 2.30. The van der Waals surface area contributed by atoms with E-state index < -0.39 is 23.6 Å². The topological polar surface area (TPSA) is 69.2 Å². The molecule has 0 heterocycles. The van der Waals surface area contributed by atoms with E-state index in [0.29, 0.717) is 0 Å². The van der Waals surface area contributed by atoms with Gasteiger partial charge < -0.3 is 5.73 Å². The Morgan fingerprint density at radius 2 is 2.06 bits per heavy atom. The molecule has 0 saturated carbocycles. The van der Waals surface area contributed by atoms with Crippen LogP contribution in [-0.4, -0.2) is 11.1 Å². The summed E-state index contributed by atoms with van der Waals surface area (Å²) in [5, 5.41) is 10.5. The molecule has 1 aromatic rings. The summed E-state index contributed by atoms with van der Waals surface area (Å²) in [7, 11) is 0. The molecule has 0 aromatic heterocycles. The first-order chi connectivity index (χ1) is 8.20. The summed E-state index contributed by atoms with van der Waals surface area (Å²) in [6, 6.07) is 2.82. The van der Waals surface area contributed by atoms with E-state index in [1.54, 1.807) is 0 Å². The van der Waals surface area contributed by atoms with E-state index in [4.69, 9.17) is 17.3 Å². The molecule has 0 spiro atoms. The summed E-state index contributed by atoms with van der Waals surface area (Å²) in [4.78, 5) is 9.91. The number of nitrogens with two attached hydrogens (primary N) is 1. The lowest BCUT2D eigenvalue weighted by Crippen LogP contribution is -2.15. The Labute approximate surface area is 106 Å². The number of nitro benzene ring substituents is 1. The highest BCUT2D eigenvalue weighted by molar-refractivity contribution is 6.32. The van der Waals surface area contributed by atoms with Crippen molar-refractivity contribution >= 4 is 17.3 Å². The molecular formula is C10H10ClF3N2O2. The number of nitrogens with zero attached hydrogens (tertiary/aromatic N) is 1. The zero-order chi connectivity index (χ0) is 13.9. The van der Waals surface area contributed by atoms with Crippen LogP contribution in [0.15, 0.2) is 18.2 Å². The fraction of sp³-hybridized carbons (Fsp3) is 0.400. The lowest BCUT2D eigenvalue weighted by atomic mass is 10.0. The van der Waals surface area contributed by atoms with Crippen molar-refractivity contribution in [2.45, 2.75) is 25.1 Å². The second-order valence-electron chi connectivity index (χ2n) is 3.73. The first-order valence-corrected chi connectivity index (χ1v) is 5.34. The molecular weight excluding hydrogens is 273 g/mol. The van der Waals surface area contributed by atoms with Crippen LogP contribution in [0.4, 0.5) is 18.9 Å². The molecule has 18 heavy (non-hydrogen) atoms. The Balaban J connectivity index is 2.83. The molecule has 1 rings (SSSR count). The van der Waals surface area contributed by atoms with E-state index in [-0.39, 0.29) is 22.7 Å². The van der Waals surface area contributed by atoms with Crippen LogP contribution in [0.25, 0.3) is 0 Å². The number of nitro groups is 1. The van der Waals surface area contributed by atoms with Crippen molar-refractivity contribution in [2.24, 2.45) is 5.73 Å². The van der Waals surface area contributed by atoms with Gasteiger partial charge in [-0.05, 0) is 18.1 Å². The predicted octanol–water partition coefficient (Wildman–Crippen LogP) is 3.59. The van der Waals surface area contributed by atoms with Crippen LogP contribution < -0.4 is 5.73 Å². The monoisotopic (exact) mass is 282 g/mol. The van der Waals surface area contributed by atoms with Crippen molar-refractivity contribution in [3.8, 4) is 0 Å². The number of rotatable bonds is 4. The molecule has 0 saturated heterocycles. The van der Waals surface area contributed by atoms with Crippen molar-refractivity contribution in [2.75, 3.05) is 0 Å². The number of halogens is 4. The first-order valence-electron chi connectivity index (χ1n) is 4.97. The van der Waals surface area contributed by atoms with Gasteiger partial charge in [0.05, 0.1) is 4.92 Å². The Hall–Kier alpha value is -1.34. The fourth-order valence-corrected chi connectivity index (χ4v) is 1.57. The number of alkyl halides is 3. The molecule has 2 N–H and O–H groups in total. The van der Waals surface area contributed by atoms with Crippen LogP contribution >= 0.6 is 11.6 Å². The molecule has 100 valence electrons. The molecule has 4 nitrogen and oxygen atoms in total. The van der Waals surface area contributed by atoms with Gasteiger partial charge in [-0.1, -0.05) is 17.7 Å². The van der Waals surface area contributed by atoms with Crippen molar-refractivity contribution < 1.29 is 18.1 Å². The minimum atomic E-state index is -4.30. The molecule has 0 unspecified atom stereocenters. The molecule has 1 atom stereocenters. The maximum atomic E-state index is 12.0. The molecule has 8 heteroatoms. The largest absolute Gasteiger partial charge is 0.389 e. The summed E-state index contributed by atoms with van der Waals surface area (Å²) < 4.78 is 36.1. The van der Waals surface area contributed by atoms with E-state index in [2.05, 4.69) is 0 Å². The van der Waals surface area contributed by atoms with Gasteiger partial charge in [-0.2, -0.15) is 13.2 Å². The molecule has 0 fully saturated rings. The third-order valence-electron chi connectivity index (χ3n) is 2.33. The van der Waals surface area contributed by atoms with E-state index in [1.165, 1.54) is 12.1 Å². The first kappa shape index (κ1) is 14.7. The van der Waals surface area contributed by atoms with Gasteiger partial charge in [-0.3, -0.25) is 10.1 Å². The maximum Gasteiger partial charge on any atom is 0.389 e. The van der Waals surface area contributed by atoms with Crippen LogP contribution in [0.3, 0.4) is 0 Å². The summed E-state index contributed by atoms with van der Waals surface area (Å²) in [6.07, 6.45) is -5.66. The van der Waals surface area contributed by atoms with E-state index in [1.807, 2.05) is 0 Å². The van der Waals surface area contributed by atoms with E-state index in [9.17, 15) is 23.3 Å². The molecule has 0 aliphatic rings. The Bertz CT molecular complexity index is 451. The lowest BCUT2D eigenvalue weighted by molar-refractivity contribution is -0.384. The van der Waals surface area contributed by atoms with Crippen LogP contribution in [0.5, 0.6) is 0 Å². The fourth-order valence-electron chi connectivity index (χ4n) is 1.39.